The van der Waals surface area contributed by atoms with E-state index in [1.807, 2.05) is 13.0 Å². The SMILES string of the molecule is CCCNC(=O)COC(=O)CSc1[nH]c(=O)cc(C)c1C#N. The minimum Gasteiger partial charge on any atom is -0.455 e. The third kappa shape index (κ3) is 5.61. The fourth-order valence-electron chi connectivity index (χ4n) is 1.54. The van der Waals surface area contributed by atoms with Crippen LogP contribution in [0.25, 0.3) is 0 Å². The first-order valence-corrected chi connectivity index (χ1v) is 7.65. The van der Waals surface area contributed by atoms with E-state index < -0.39 is 5.97 Å². The van der Waals surface area contributed by atoms with Gasteiger partial charge in [0.05, 0.1) is 16.3 Å². The molecule has 22 heavy (non-hydrogen) atoms. The second-order valence-electron chi connectivity index (χ2n) is 4.43. The summed E-state index contributed by atoms with van der Waals surface area (Å²) >= 11 is 0.993. The Bertz CT molecular complexity index is 648. The molecule has 1 rings (SSSR count). The van der Waals surface area contributed by atoms with E-state index in [0.717, 1.165) is 18.2 Å². The molecule has 0 unspecified atom stereocenters. The lowest BCUT2D eigenvalue weighted by atomic mass is 10.2. The number of ether oxygens (including phenoxy) is 1. The van der Waals surface area contributed by atoms with Crippen LogP contribution in [0.1, 0.15) is 24.5 Å². The molecule has 1 aromatic rings. The van der Waals surface area contributed by atoms with E-state index in [9.17, 15) is 14.4 Å². The Morgan fingerprint density at radius 3 is 2.86 bits per heavy atom. The number of nitrogens with zero attached hydrogens (tertiary/aromatic N) is 1. The van der Waals surface area contributed by atoms with E-state index in [1.165, 1.54) is 6.07 Å². The minimum absolute atomic E-state index is 0.102. The van der Waals surface area contributed by atoms with Crippen molar-refractivity contribution in [3.05, 3.63) is 27.5 Å². The van der Waals surface area contributed by atoms with E-state index in [2.05, 4.69) is 10.3 Å². The maximum Gasteiger partial charge on any atom is 0.316 e. The number of carbonyl (C=O) groups excluding carboxylic acids is 2. The smallest absolute Gasteiger partial charge is 0.316 e. The second kappa shape index (κ2) is 8.89. The molecule has 0 fully saturated rings. The number of hydrogen-bond acceptors (Lipinski definition) is 6. The lowest BCUT2D eigenvalue weighted by molar-refractivity contribution is -0.145. The molecule has 118 valence electrons. The molecule has 0 aromatic carbocycles. The van der Waals surface area contributed by atoms with Crippen molar-refractivity contribution in [1.29, 1.82) is 5.26 Å². The number of pyridine rings is 1. The van der Waals surface area contributed by atoms with E-state index in [0.29, 0.717) is 22.7 Å². The van der Waals surface area contributed by atoms with Crippen molar-refractivity contribution in [2.75, 3.05) is 18.9 Å². The topological polar surface area (TPSA) is 112 Å². The average molecular weight is 323 g/mol. The Kier molecular flexibility index (Phi) is 7.19. The van der Waals surface area contributed by atoms with Gasteiger partial charge in [0.15, 0.2) is 6.61 Å². The number of aryl methyl sites for hydroxylation is 1. The molecule has 0 radical (unpaired) electrons. The molecule has 1 heterocycles. The maximum absolute atomic E-state index is 11.6. The van der Waals surface area contributed by atoms with Crippen LogP contribution in [0.3, 0.4) is 0 Å². The van der Waals surface area contributed by atoms with Gasteiger partial charge in [0.1, 0.15) is 6.07 Å². The number of hydrogen-bond donors (Lipinski definition) is 2. The van der Waals surface area contributed by atoms with Gasteiger partial charge in [0.25, 0.3) is 5.91 Å². The van der Waals surface area contributed by atoms with E-state index >= 15 is 0 Å². The van der Waals surface area contributed by atoms with Crippen molar-refractivity contribution in [2.45, 2.75) is 25.3 Å². The predicted octanol–water partition coefficient (Wildman–Crippen LogP) is 0.716. The Labute approximate surface area is 132 Å². The number of aromatic amines is 1. The van der Waals surface area contributed by atoms with Crippen molar-refractivity contribution < 1.29 is 14.3 Å². The summed E-state index contributed by atoms with van der Waals surface area (Å²) in [6.45, 7) is 3.75. The number of amides is 1. The van der Waals surface area contributed by atoms with Gasteiger partial charge in [-0.05, 0) is 18.9 Å². The monoisotopic (exact) mass is 323 g/mol. The van der Waals surface area contributed by atoms with Crippen molar-refractivity contribution >= 4 is 23.6 Å². The number of nitriles is 1. The van der Waals surface area contributed by atoms with Gasteiger partial charge in [0, 0.05) is 12.6 Å². The molecule has 2 N–H and O–H groups in total. The fourth-order valence-corrected chi connectivity index (χ4v) is 2.41. The molecule has 0 aliphatic carbocycles. The predicted molar refractivity (Wildman–Crippen MR) is 81.5 cm³/mol. The number of aromatic nitrogens is 1. The molecule has 1 amide bonds. The standard InChI is InChI=1S/C14H17N3O4S/c1-3-4-16-12(19)7-21-13(20)8-22-14-10(6-15)9(2)5-11(18)17-14/h5H,3-4,7-8H2,1-2H3,(H,16,19)(H,17,18). The molecular weight excluding hydrogens is 306 g/mol. The number of rotatable bonds is 7. The van der Waals surface area contributed by atoms with Crippen molar-refractivity contribution in [2.24, 2.45) is 0 Å². The zero-order valence-electron chi connectivity index (χ0n) is 12.4. The van der Waals surface area contributed by atoms with Crippen LogP contribution < -0.4 is 10.9 Å². The Morgan fingerprint density at radius 1 is 1.50 bits per heavy atom. The Hall–Kier alpha value is -2.27. The zero-order chi connectivity index (χ0) is 16.5. The maximum atomic E-state index is 11.6. The highest BCUT2D eigenvalue weighted by Crippen LogP contribution is 2.20. The minimum atomic E-state index is -0.595. The third-order valence-corrected chi connectivity index (χ3v) is 3.56. The third-order valence-electron chi connectivity index (χ3n) is 2.59. The second-order valence-corrected chi connectivity index (χ2v) is 5.42. The van der Waals surface area contributed by atoms with Crippen LogP contribution in [-0.2, 0) is 14.3 Å². The van der Waals surface area contributed by atoms with Crippen LogP contribution in [0.15, 0.2) is 15.9 Å². The lowest BCUT2D eigenvalue weighted by Crippen LogP contribution is -2.29. The lowest BCUT2D eigenvalue weighted by Gasteiger charge is -2.07. The van der Waals surface area contributed by atoms with Crippen molar-refractivity contribution in [3.63, 3.8) is 0 Å². The van der Waals surface area contributed by atoms with Gasteiger partial charge in [0.2, 0.25) is 5.56 Å². The Morgan fingerprint density at radius 2 is 2.23 bits per heavy atom. The first kappa shape index (κ1) is 17.8. The molecule has 0 saturated heterocycles. The van der Waals surface area contributed by atoms with Gasteiger partial charge < -0.3 is 15.0 Å². The normalized spacial score (nSPS) is 9.86. The fraction of sp³-hybridized carbons (Fsp3) is 0.429. The van der Waals surface area contributed by atoms with Crippen LogP contribution in [0, 0.1) is 18.3 Å². The van der Waals surface area contributed by atoms with Crippen LogP contribution in [0.4, 0.5) is 0 Å². The molecule has 0 saturated carbocycles. The number of thioether (sulfide) groups is 1. The van der Waals surface area contributed by atoms with Crippen molar-refractivity contribution in [3.8, 4) is 6.07 Å². The molecule has 8 heteroatoms. The molecule has 0 bridgehead atoms. The van der Waals surface area contributed by atoms with Crippen LogP contribution in [0.5, 0.6) is 0 Å². The summed E-state index contributed by atoms with van der Waals surface area (Å²) in [6, 6.07) is 3.30. The zero-order valence-corrected chi connectivity index (χ0v) is 13.2. The quantitative estimate of drug-likeness (QED) is 0.565. The van der Waals surface area contributed by atoms with E-state index in [1.54, 1.807) is 6.92 Å². The highest BCUT2D eigenvalue weighted by molar-refractivity contribution is 7.99. The van der Waals surface area contributed by atoms with E-state index in [-0.39, 0.29) is 23.8 Å². The number of carbonyl (C=O) groups is 2. The highest BCUT2D eigenvalue weighted by Gasteiger charge is 2.12. The van der Waals surface area contributed by atoms with Gasteiger partial charge in [-0.15, -0.1) is 0 Å². The Balaban J connectivity index is 2.53. The van der Waals surface area contributed by atoms with Crippen LogP contribution in [0.2, 0.25) is 0 Å². The van der Waals surface area contributed by atoms with Gasteiger partial charge in [-0.2, -0.15) is 5.26 Å². The molecule has 0 aliphatic rings. The van der Waals surface area contributed by atoms with Crippen molar-refractivity contribution in [1.82, 2.24) is 10.3 Å². The number of nitrogens with one attached hydrogen (secondary N) is 2. The molecule has 1 aromatic heterocycles. The van der Waals surface area contributed by atoms with Gasteiger partial charge in [-0.1, -0.05) is 18.7 Å². The summed E-state index contributed by atoms with van der Waals surface area (Å²) in [7, 11) is 0. The molecular formula is C14H17N3O4S. The summed E-state index contributed by atoms with van der Waals surface area (Å²) < 4.78 is 4.81. The first-order valence-electron chi connectivity index (χ1n) is 6.67. The summed E-state index contributed by atoms with van der Waals surface area (Å²) in [5.74, 6) is -1.06. The van der Waals surface area contributed by atoms with Crippen LogP contribution >= 0.6 is 11.8 Å². The average Bonchev–Trinajstić information content (AvgIpc) is 2.48. The summed E-state index contributed by atoms with van der Waals surface area (Å²) in [5, 5.41) is 12.0. The molecule has 0 aliphatic heterocycles. The number of esters is 1. The summed E-state index contributed by atoms with van der Waals surface area (Å²) in [5.41, 5.74) is 0.519. The summed E-state index contributed by atoms with van der Waals surface area (Å²) in [6.07, 6.45) is 0.799. The van der Waals surface area contributed by atoms with Gasteiger partial charge in [-0.25, -0.2) is 0 Å². The number of H-pyrrole nitrogens is 1. The van der Waals surface area contributed by atoms with Crippen LogP contribution in [-0.4, -0.2) is 35.8 Å². The van der Waals surface area contributed by atoms with Gasteiger partial charge in [-0.3, -0.25) is 14.4 Å². The highest BCUT2D eigenvalue weighted by atomic mass is 32.2. The molecule has 0 atom stereocenters. The first-order chi connectivity index (χ1) is 10.5. The van der Waals surface area contributed by atoms with E-state index in [4.69, 9.17) is 10.00 Å². The largest absolute Gasteiger partial charge is 0.455 e. The molecule has 0 spiro atoms. The summed E-state index contributed by atoms with van der Waals surface area (Å²) in [4.78, 5) is 36.8. The van der Waals surface area contributed by atoms with Gasteiger partial charge >= 0.3 is 5.97 Å². The molecule has 7 nitrogen and oxygen atoms in total.